The molecule has 2 aliphatic carbocycles. The summed E-state index contributed by atoms with van der Waals surface area (Å²) in [6.07, 6.45) is 7.10. The molecule has 12 heteroatoms. The number of carbonyl (C=O) groups excluding carboxylic acids is 4. The van der Waals surface area contributed by atoms with Crippen molar-refractivity contribution < 1.29 is 44.4 Å². The topological polar surface area (TPSA) is 155 Å². The highest BCUT2D eigenvalue weighted by Gasteiger charge is 2.45. The maximum atomic E-state index is 14.2. The first kappa shape index (κ1) is 36.8. The number of hydrogen-bond acceptors (Lipinski definition) is 10. The second kappa shape index (κ2) is 14.2. The predicted octanol–water partition coefficient (Wildman–Crippen LogP) is 5.15. The van der Waals surface area contributed by atoms with Crippen LogP contribution in [0.2, 0.25) is 0 Å². The molecule has 2 rings (SSSR count). The molecule has 0 aromatic rings. The fraction of sp³-hybridized carbons (Fsp3) is 0.500. The Labute approximate surface area is 260 Å². The van der Waals surface area contributed by atoms with E-state index in [1.165, 1.54) is 13.8 Å². The summed E-state index contributed by atoms with van der Waals surface area (Å²) in [6, 6.07) is 0. The zero-order chi connectivity index (χ0) is 33.9. The van der Waals surface area contributed by atoms with E-state index in [0.717, 1.165) is 23.7 Å². The minimum Gasteiger partial charge on any atom is -0.378 e. The smallest absolute Gasteiger partial charge is 0.306 e. The van der Waals surface area contributed by atoms with Gasteiger partial charge >= 0.3 is 20.2 Å². The summed E-state index contributed by atoms with van der Waals surface area (Å²) in [5.74, 6) is -6.05. The Balaban J connectivity index is 2.81. The summed E-state index contributed by atoms with van der Waals surface area (Å²) in [5.41, 5.74) is 0.387. The van der Waals surface area contributed by atoms with Crippen LogP contribution >= 0.6 is 0 Å². The Bertz CT molecular complexity index is 1560. The van der Waals surface area contributed by atoms with Crippen LogP contribution in [0.1, 0.15) is 81.1 Å². The van der Waals surface area contributed by atoms with Crippen LogP contribution in [0.15, 0.2) is 68.3 Å². The third-order valence-corrected chi connectivity index (χ3v) is 8.22. The number of allylic oxidation sites excluding steroid dienone is 10. The average molecular weight is 651 g/mol. The molecule has 0 N–H and O–H groups in total. The SMILES string of the molecule is CC(C)=CCC[C@@H](C)C1=C(OS(C)(=O)=O)C(=O)C(C)=C(C2=C(C)C(=O)C(OS(C)(=O)=O)=C([C@H](C)CCC=C(C)C)C2=O)C1=O. The quantitative estimate of drug-likeness (QED) is 0.148. The van der Waals surface area contributed by atoms with E-state index in [1.54, 1.807) is 13.8 Å². The maximum absolute atomic E-state index is 14.2. The van der Waals surface area contributed by atoms with E-state index in [1.807, 2.05) is 39.8 Å². The minimum absolute atomic E-state index is 0.218. The van der Waals surface area contributed by atoms with Crippen LogP contribution in [0.5, 0.6) is 0 Å². The van der Waals surface area contributed by atoms with Crippen molar-refractivity contribution in [2.75, 3.05) is 12.5 Å². The molecular weight excluding hydrogens is 608 g/mol. The van der Waals surface area contributed by atoms with Gasteiger partial charge in [-0.05, 0) is 79.1 Å². The van der Waals surface area contributed by atoms with Gasteiger partial charge in [-0.25, -0.2) is 0 Å². The Kier molecular flexibility index (Phi) is 11.8. The van der Waals surface area contributed by atoms with Crippen molar-refractivity contribution in [3.8, 4) is 0 Å². The van der Waals surface area contributed by atoms with Gasteiger partial charge in [-0.2, -0.15) is 16.8 Å². The third-order valence-electron chi connectivity index (χ3n) is 7.29. The zero-order valence-electron chi connectivity index (χ0n) is 27.0. The van der Waals surface area contributed by atoms with Crippen LogP contribution in [0.25, 0.3) is 0 Å². The van der Waals surface area contributed by atoms with Crippen molar-refractivity contribution in [2.24, 2.45) is 11.8 Å². The third kappa shape index (κ3) is 8.84. The van der Waals surface area contributed by atoms with Crippen LogP contribution in [-0.4, -0.2) is 52.5 Å². The Hall–Kier alpha value is -3.38. The van der Waals surface area contributed by atoms with Gasteiger partial charge in [-0.1, -0.05) is 37.1 Å². The molecule has 242 valence electrons. The maximum Gasteiger partial charge on any atom is 0.306 e. The van der Waals surface area contributed by atoms with Gasteiger partial charge in [-0.3, -0.25) is 19.2 Å². The summed E-state index contributed by atoms with van der Waals surface area (Å²) in [7, 11) is -8.44. The van der Waals surface area contributed by atoms with Crippen LogP contribution in [0, 0.1) is 11.8 Å². The van der Waals surface area contributed by atoms with E-state index >= 15 is 0 Å². The molecule has 0 aromatic heterocycles. The molecule has 0 unspecified atom stereocenters. The van der Waals surface area contributed by atoms with Gasteiger partial charge in [0, 0.05) is 22.3 Å². The predicted molar refractivity (Wildman–Crippen MR) is 167 cm³/mol. The van der Waals surface area contributed by atoms with Gasteiger partial charge < -0.3 is 8.37 Å². The van der Waals surface area contributed by atoms with Gasteiger partial charge in [0.2, 0.25) is 11.6 Å². The second-order valence-electron chi connectivity index (χ2n) is 11.9. The molecule has 0 bridgehead atoms. The molecule has 0 spiro atoms. The van der Waals surface area contributed by atoms with Crippen molar-refractivity contribution >= 4 is 43.4 Å². The van der Waals surface area contributed by atoms with Crippen molar-refractivity contribution in [3.05, 3.63) is 68.3 Å². The Morgan fingerprint density at radius 2 is 0.909 bits per heavy atom. The summed E-state index contributed by atoms with van der Waals surface area (Å²) < 4.78 is 58.6. The van der Waals surface area contributed by atoms with Gasteiger partial charge in [0.1, 0.15) is 0 Å². The van der Waals surface area contributed by atoms with Crippen LogP contribution < -0.4 is 0 Å². The van der Waals surface area contributed by atoms with Crippen molar-refractivity contribution in [1.29, 1.82) is 0 Å². The summed E-state index contributed by atoms with van der Waals surface area (Å²) in [5, 5.41) is 0. The Morgan fingerprint density at radius 3 is 1.16 bits per heavy atom. The molecule has 44 heavy (non-hydrogen) atoms. The minimum atomic E-state index is -4.22. The normalized spacial score (nSPS) is 18.1. The highest BCUT2D eigenvalue weighted by atomic mass is 32.2. The number of ketones is 4. The summed E-state index contributed by atoms with van der Waals surface area (Å²) in [4.78, 5) is 55.8. The highest BCUT2D eigenvalue weighted by molar-refractivity contribution is 7.86. The molecule has 2 atom stereocenters. The number of carbonyl (C=O) groups is 4. The number of Topliss-reactive ketones (excluding diaryl/α,β-unsaturated/α-hetero) is 4. The highest BCUT2D eigenvalue weighted by Crippen LogP contribution is 2.41. The fourth-order valence-electron chi connectivity index (χ4n) is 5.13. The second-order valence-corrected chi connectivity index (χ2v) is 15.0. The number of rotatable bonds is 13. The molecule has 0 heterocycles. The molecule has 0 aliphatic heterocycles. The lowest BCUT2D eigenvalue weighted by Crippen LogP contribution is -2.35. The summed E-state index contributed by atoms with van der Waals surface area (Å²) in [6.45, 7) is 13.4. The molecule has 0 fully saturated rings. The molecule has 0 saturated heterocycles. The van der Waals surface area contributed by atoms with E-state index < -0.39 is 66.7 Å². The lowest BCUT2D eigenvalue weighted by molar-refractivity contribution is -0.119. The molecule has 10 nitrogen and oxygen atoms in total. The first-order valence-electron chi connectivity index (χ1n) is 14.2. The fourth-order valence-corrected chi connectivity index (χ4v) is 6.06. The van der Waals surface area contributed by atoms with Gasteiger partial charge in [0.25, 0.3) is 0 Å². The van der Waals surface area contributed by atoms with E-state index in [9.17, 15) is 36.0 Å². The van der Waals surface area contributed by atoms with Gasteiger partial charge in [0.15, 0.2) is 23.1 Å². The first-order valence-corrected chi connectivity index (χ1v) is 17.9. The van der Waals surface area contributed by atoms with Gasteiger partial charge in [0.05, 0.1) is 23.7 Å². The molecule has 0 radical (unpaired) electrons. The van der Waals surface area contributed by atoms with E-state index in [0.29, 0.717) is 25.7 Å². The zero-order valence-corrected chi connectivity index (χ0v) is 28.7. The largest absolute Gasteiger partial charge is 0.378 e. The molecular formula is C32H42O10S2. The monoisotopic (exact) mass is 650 g/mol. The van der Waals surface area contributed by atoms with Crippen molar-refractivity contribution in [1.82, 2.24) is 0 Å². The Morgan fingerprint density at radius 1 is 0.614 bits per heavy atom. The standard InChI is InChI=1S/C32H42O10S2/c1-17(2)13-11-15-19(5)23-29(35)25(21(7)27(33)31(23)41-43(9,37)38)26-22(8)28(34)32(42-44(10,39)40)24(30(26)36)20(6)16-12-14-18(3)4/h13-14,19-20H,11-12,15-16H2,1-10H3/t19-,20-/m1/s1. The molecule has 2 aliphatic rings. The number of hydrogen-bond donors (Lipinski definition) is 0. The van der Waals surface area contributed by atoms with E-state index in [4.69, 9.17) is 8.37 Å². The van der Waals surface area contributed by atoms with Crippen LogP contribution in [0.3, 0.4) is 0 Å². The van der Waals surface area contributed by atoms with E-state index in [2.05, 4.69) is 0 Å². The van der Waals surface area contributed by atoms with Gasteiger partial charge in [-0.15, -0.1) is 0 Å². The summed E-state index contributed by atoms with van der Waals surface area (Å²) >= 11 is 0. The van der Waals surface area contributed by atoms with Crippen molar-refractivity contribution in [3.63, 3.8) is 0 Å². The first-order chi connectivity index (χ1) is 20.1. The van der Waals surface area contributed by atoms with Crippen LogP contribution in [-0.2, 0) is 47.8 Å². The lowest BCUT2D eigenvalue weighted by Gasteiger charge is -2.30. The average Bonchev–Trinajstić information content (AvgIpc) is 2.85. The van der Waals surface area contributed by atoms with E-state index in [-0.39, 0.29) is 33.4 Å². The van der Waals surface area contributed by atoms with Crippen LogP contribution in [0.4, 0.5) is 0 Å². The molecule has 0 aromatic carbocycles. The molecule has 0 saturated carbocycles. The lowest BCUT2D eigenvalue weighted by atomic mass is 9.73. The van der Waals surface area contributed by atoms with Crippen molar-refractivity contribution in [2.45, 2.75) is 81.1 Å². The molecule has 0 amide bonds.